The minimum absolute atomic E-state index is 0.0151. The predicted octanol–water partition coefficient (Wildman–Crippen LogP) is 2.96. The van der Waals surface area contributed by atoms with Crippen LogP contribution in [0.25, 0.3) is 0 Å². The number of carbonyl (C=O) groups is 1. The van der Waals surface area contributed by atoms with Crippen LogP contribution in [-0.4, -0.2) is 46.8 Å². The summed E-state index contributed by atoms with van der Waals surface area (Å²) < 4.78 is 0. The van der Waals surface area contributed by atoms with Crippen LogP contribution in [0, 0.1) is 12.8 Å². The van der Waals surface area contributed by atoms with Crippen LogP contribution in [0.4, 0.5) is 4.79 Å². The summed E-state index contributed by atoms with van der Waals surface area (Å²) in [5.74, 6) is 0.255. The van der Waals surface area contributed by atoms with Crippen LogP contribution >= 0.6 is 0 Å². The number of urea groups is 1. The van der Waals surface area contributed by atoms with E-state index in [-0.39, 0.29) is 18.1 Å². The maximum absolute atomic E-state index is 12.4. The Bertz CT molecular complexity index is 727. The molecule has 1 atom stereocenters. The summed E-state index contributed by atoms with van der Waals surface area (Å²) in [4.78, 5) is 18.7. The molecule has 1 aromatic carbocycles. The van der Waals surface area contributed by atoms with Crippen LogP contribution in [0.5, 0.6) is 0 Å². The number of hydrogen-bond acceptors (Lipinski definition) is 3. The third-order valence-corrected chi connectivity index (χ3v) is 5.26. The van der Waals surface area contributed by atoms with Crippen LogP contribution in [0.3, 0.4) is 0 Å². The first-order valence-corrected chi connectivity index (χ1v) is 9.79. The van der Waals surface area contributed by atoms with Crippen molar-refractivity contribution in [3.63, 3.8) is 0 Å². The SMILES string of the molecule is Cc1cccc(CCNC(=O)N2CCC([C@H](O)Cc3ccccc3)CC2)n1. The lowest BCUT2D eigenvalue weighted by atomic mass is 9.88. The van der Waals surface area contributed by atoms with Crippen molar-refractivity contribution in [2.45, 2.75) is 38.7 Å². The first-order chi connectivity index (χ1) is 13.1. The summed E-state index contributed by atoms with van der Waals surface area (Å²) >= 11 is 0. The third-order valence-electron chi connectivity index (χ3n) is 5.26. The Morgan fingerprint density at radius 3 is 2.63 bits per heavy atom. The molecule has 144 valence electrons. The number of aryl methyl sites for hydroxylation is 1. The number of nitrogens with one attached hydrogen (secondary N) is 1. The minimum atomic E-state index is -0.343. The van der Waals surface area contributed by atoms with Crippen molar-refractivity contribution >= 4 is 6.03 Å². The van der Waals surface area contributed by atoms with Gasteiger partial charge in [-0.25, -0.2) is 4.79 Å². The fraction of sp³-hybridized carbons (Fsp3) is 0.455. The molecule has 2 N–H and O–H groups in total. The Morgan fingerprint density at radius 2 is 1.93 bits per heavy atom. The van der Waals surface area contributed by atoms with E-state index in [4.69, 9.17) is 0 Å². The summed E-state index contributed by atoms with van der Waals surface area (Å²) in [5, 5.41) is 13.5. The molecule has 5 heteroatoms. The molecule has 1 aromatic heterocycles. The number of rotatable bonds is 6. The molecule has 27 heavy (non-hydrogen) atoms. The summed E-state index contributed by atoms with van der Waals surface area (Å²) in [6.07, 6.45) is 2.77. The van der Waals surface area contributed by atoms with Crippen molar-refractivity contribution < 1.29 is 9.90 Å². The quantitative estimate of drug-likeness (QED) is 0.825. The van der Waals surface area contributed by atoms with Gasteiger partial charge in [0, 0.05) is 37.4 Å². The monoisotopic (exact) mass is 367 g/mol. The number of hydrogen-bond donors (Lipinski definition) is 2. The van der Waals surface area contributed by atoms with Crippen LogP contribution in [-0.2, 0) is 12.8 Å². The molecule has 2 aromatic rings. The molecule has 0 unspecified atom stereocenters. The standard InChI is InChI=1S/C22H29N3O2/c1-17-6-5-9-20(24-17)10-13-23-22(27)25-14-11-19(12-15-25)21(26)16-18-7-3-2-4-8-18/h2-9,19,21,26H,10-16H2,1H3,(H,23,27)/t21-/m1/s1. The zero-order chi connectivity index (χ0) is 19.1. The van der Waals surface area contributed by atoms with E-state index in [9.17, 15) is 9.90 Å². The van der Waals surface area contributed by atoms with Gasteiger partial charge in [0.1, 0.15) is 0 Å². The van der Waals surface area contributed by atoms with Gasteiger partial charge < -0.3 is 15.3 Å². The average Bonchev–Trinajstić information content (AvgIpc) is 2.69. The maximum Gasteiger partial charge on any atom is 0.317 e. The first kappa shape index (κ1) is 19.4. The van der Waals surface area contributed by atoms with Gasteiger partial charge in [0.2, 0.25) is 0 Å². The Hall–Kier alpha value is -2.40. The fourth-order valence-corrected chi connectivity index (χ4v) is 3.66. The van der Waals surface area contributed by atoms with Gasteiger partial charge in [-0.2, -0.15) is 0 Å². The zero-order valence-electron chi connectivity index (χ0n) is 16.0. The highest BCUT2D eigenvalue weighted by Gasteiger charge is 2.27. The number of carbonyl (C=O) groups excluding carboxylic acids is 1. The number of aromatic nitrogens is 1. The first-order valence-electron chi connectivity index (χ1n) is 9.79. The lowest BCUT2D eigenvalue weighted by Crippen LogP contribution is -2.46. The average molecular weight is 367 g/mol. The van der Waals surface area contributed by atoms with Crippen LogP contribution in [0.15, 0.2) is 48.5 Å². The van der Waals surface area contributed by atoms with Gasteiger partial charge in [-0.05, 0) is 49.8 Å². The molecule has 0 bridgehead atoms. The van der Waals surface area contributed by atoms with Gasteiger partial charge in [0.05, 0.1) is 6.10 Å². The number of piperidine rings is 1. The molecule has 0 aliphatic carbocycles. The summed E-state index contributed by atoms with van der Waals surface area (Å²) in [6, 6.07) is 16.0. The molecule has 5 nitrogen and oxygen atoms in total. The topological polar surface area (TPSA) is 65.5 Å². The molecule has 2 amide bonds. The van der Waals surface area contributed by atoms with Crippen molar-refractivity contribution in [1.82, 2.24) is 15.2 Å². The van der Waals surface area contributed by atoms with E-state index < -0.39 is 0 Å². The van der Waals surface area contributed by atoms with E-state index in [2.05, 4.69) is 22.4 Å². The molecule has 3 rings (SSSR count). The molecular weight excluding hydrogens is 338 g/mol. The molecule has 2 heterocycles. The second-order valence-electron chi connectivity index (χ2n) is 7.33. The Morgan fingerprint density at radius 1 is 1.19 bits per heavy atom. The van der Waals surface area contributed by atoms with Crippen molar-refractivity contribution in [1.29, 1.82) is 0 Å². The lowest BCUT2D eigenvalue weighted by Gasteiger charge is -2.34. The van der Waals surface area contributed by atoms with Gasteiger partial charge in [-0.1, -0.05) is 36.4 Å². The van der Waals surface area contributed by atoms with Crippen molar-refractivity contribution in [3.8, 4) is 0 Å². The lowest BCUT2D eigenvalue weighted by molar-refractivity contribution is 0.0672. The van der Waals surface area contributed by atoms with Gasteiger partial charge in [0.25, 0.3) is 0 Å². The molecule has 0 radical (unpaired) electrons. The second-order valence-corrected chi connectivity index (χ2v) is 7.33. The highest BCUT2D eigenvalue weighted by molar-refractivity contribution is 5.74. The summed E-state index contributed by atoms with van der Waals surface area (Å²) in [6.45, 7) is 3.96. The second kappa shape index (κ2) is 9.51. The summed E-state index contributed by atoms with van der Waals surface area (Å²) in [5.41, 5.74) is 3.16. The Labute approximate surface area is 161 Å². The molecular formula is C22H29N3O2. The fourth-order valence-electron chi connectivity index (χ4n) is 3.66. The van der Waals surface area contributed by atoms with Crippen molar-refractivity contribution in [2.75, 3.05) is 19.6 Å². The number of likely N-dealkylation sites (tertiary alicyclic amines) is 1. The van der Waals surface area contributed by atoms with Gasteiger partial charge in [0.15, 0.2) is 0 Å². The molecule has 1 saturated heterocycles. The predicted molar refractivity (Wildman–Crippen MR) is 107 cm³/mol. The van der Waals surface area contributed by atoms with E-state index in [1.165, 1.54) is 0 Å². The van der Waals surface area contributed by atoms with E-state index in [1.807, 2.05) is 48.2 Å². The molecule has 0 saturated carbocycles. The van der Waals surface area contributed by atoms with Crippen molar-refractivity contribution in [2.24, 2.45) is 5.92 Å². The van der Waals surface area contributed by atoms with Gasteiger partial charge in [-0.3, -0.25) is 4.98 Å². The number of pyridine rings is 1. The number of aliphatic hydroxyl groups excluding tert-OH is 1. The number of nitrogens with zero attached hydrogens (tertiary/aromatic N) is 2. The van der Waals surface area contributed by atoms with Crippen LogP contribution < -0.4 is 5.32 Å². The summed E-state index contributed by atoms with van der Waals surface area (Å²) in [7, 11) is 0. The number of amides is 2. The van der Waals surface area contributed by atoms with Gasteiger partial charge in [-0.15, -0.1) is 0 Å². The number of benzene rings is 1. The molecule has 1 fully saturated rings. The molecule has 1 aliphatic rings. The van der Waals surface area contributed by atoms with Gasteiger partial charge >= 0.3 is 6.03 Å². The number of aliphatic hydroxyl groups is 1. The largest absolute Gasteiger partial charge is 0.392 e. The Balaban J connectivity index is 1.38. The van der Waals surface area contributed by atoms with E-state index >= 15 is 0 Å². The molecule has 0 spiro atoms. The smallest absolute Gasteiger partial charge is 0.317 e. The van der Waals surface area contributed by atoms with E-state index in [0.29, 0.717) is 26.1 Å². The van der Waals surface area contributed by atoms with Crippen molar-refractivity contribution in [3.05, 3.63) is 65.5 Å². The Kier molecular flexibility index (Phi) is 6.82. The normalized spacial score (nSPS) is 16.1. The highest BCUT2D eigenvalue weighted by atomic mass is 16.3. The third kappa shape index (κ3) is 5.79. The highest BCUT2D eigenvalue weighted by Crippen LogP contribution is 2.23. The van der Waals surface area contributed by atoms with Crippen LogP contribution in [0.1, 0.15) is 29.8 Å². The minimum Gasteiger partial charge on any atom is -0.392 e. The van der Waals surface area contributed by atoms with E-state index in [0.717, 1.165) is 36.2 Å². The van der Waals surface area contributed by atoms with E-state index in [1.54, 1.807) is 0 Å². The molecule has 1 aliphatic heterocycles. The maximum atomic E-state index is 12.4. The van der Waals surface area contributed by atoms with Crippen LogP contribution in [0.2, 0.25) is 0 Å². The zero-order valence-corrected chi connectivity index (χ0v) is 16.0.